The molecule has 0 spiro atoms. The van der Waals surface area contributed by atoms with E-state index in [1.165, 1.54) is 46.4 Å². The molecule has 2 aliphatic rings. The van der Waals surface area contributed by atoms with Gasteiger partial charge in [0, 0.05) is 30.0 Å². The van der Waals surface area contributed by atoms with Gasteiger partial charge in [0.15, 0.2) is 0 Å². The van der Waals surface area contributed by atoms with Gasteiger partial charge in [0.25, 0.3) is 0 Å². The number of carbonyl (C=O) groups excluding carboxylic acids is 1. The highest BCUT2D eigenvalue weighted by atomic mass is 33.1. The van der Waals surface area contributed by atoms with E-state index in [2.05, 4.69) is 73.5 Å². The third-order valence-electron chi connectivity index (χ3n) is 7.18. The van der Waals surface area contributed by atoms with Gasteiger partial charge in [0.1, 0.15) is 6.61 Å². The number of hydrogen-bond donors (Lipinski definition) is 0. The lowest BCUT2D eigenvalue weighted by atomic mass is 9.93. The Morgan fingerprint density at radius 2 is 1.71 bits per heavy atom. The Labute approximate surface area is 219 Å². The fourth-order valence-electron chi connectivity index (χ4n) is 4.98. The summed E-state index contributed by atoms with van der Waals surface area (Å²) in [7, 11) is 6.12. The van der Waals surface area contributed by atoms with Crippen LogP contribution in [0.2, 0.25) is 0 Å². The number of carbonyl (C=O) groups is 1. The summed E-state index contributed by atoms with van der Waals surface area (Å²) < 4.78 is 5.92. The SMILES string of the molecule is CN(CCC=C1c2ccccc2CCc2ccccc21)CCOC(=O)CCCC[C@]1(C)CCSS1. The Bertz CT molecular complexity index is 963. The smallest absolute Gasteiger partial charge is 0.305 e. The van der Waals surface area contributed by atoms with Crippen LogP contribution in [-0.4, -0.2) is 48.1 Å². The zero-order chi connectivity index (χ0) is 24.5. The van der Waals surface area contributed by atoms with Gasteiger partial charge in [-0.05, 0) is 80.3 Å². The highest BCUT2D eigenvalue weighted by molar-refractivity contribution is 8.77. The second kappa shape index (κ2) is 13.0. The van der Waals surface area contributed by atoms with Crippen LogP contribution in [0.25, 0.3) is 5.57 Å². The van der Waals surface area contributed by atoms with E-state index in [9.17, 15) is 4.79 Å². The lowest BCUT2D eigenvalue weighted by Gasteiger charge is -2.20. The number of ether oxygens (including phenoxy) is 1. The molecule has 0 aromatic heterocycles. The summed E-state index contributed by atoms with van der Waals surface area (Å²) >= 11 is 0. The van der Waals surface area contributed by atoms with E-state index in [-0.39, 0.29) is 5.97 Å². The fraction of sp³-hybridized carbons (Fsp3) is 0.500. The number of rotatable bonds is 11. The van der Waals surface area contributed by atoms with Crippen LogP contribution in [0.15, 0.2) is 54.6 Å². The molecule has 188 valence electrons. The van der Waals surface area contributed by atoms with E-state index < -0.39 is 0 Å². The van der Waals surface area contributed by atoms with Crippen molar-refractivity contribution in [2.24, 2.45) is 0 Å². The molecule has 4 rings (SSSR count). The first-order valence-corrected chi connectivity index (χ1v) is 15.4. The van der Waals surface area contributed by atoms with Gasteiger partial charge in [-0.25, -0.2) is 0 Å². The first kappa shape index (κ1) is 26.4. The molecule has 0 amide bonds. The van der Waals surface area contributed by atoms with Crippen molar-refractivity contribution < 1.29 is 9.53 Å². The molecular weight excluding hydrogens is 470 g/mol. The third-order valence-corrected chi connectivity index (χ3v) is 10.5. The molecule has 0 unspecified atom stereocenters. The number of likely N-dealkylation sites (N-methyl/N-ethyl adjacent to an activating group) is 1. The van der Waals surface area contributed by atoms with Crippen molar-refractivity contribution in [3.63, 3.8) is 0 Å². The van der Waals surface area contributed by atoms with E-state index in [1.54, 1.807) is 0 Å². The lowest BCUT2D eigenvalue weighted by molar-refractivity contribution is -0.144. The minimum Gasteiger partial charge on any atom is -0.464 e. The number of benzene rings is 2. The van der Waals surface area contributed by atoms with E-state index in [0.717, 1.165) is 45.2 Å². The third kappa shape index (κ3) is 7.65. The van der Waals surface area contributed by atoms with Crippen molar-refractivity contribution in [2.75, 3.05) is 32.5 Å². The number of nitrogens with zero attached hydrogens (tertiary/aromatic N) is 1. The predicted molar refractivity (Wildman–Crippen MR) is 152 cm³/mol. The number of hydrogen-bond acceptors (Lipinski definition) is 5. The Hall–Kier alpha value is -1.69. The van der Waals surface area contributed by atoms with Crippen LogP contribution in [0.5, 0.6) is 0 Å². The van der Waals surface area contributed by atoms with Crippen LogP contribution in [0.4, 0.5) is 0 Å². The van der Waals surface area contributed by atoms with Crippen LogP contribution in [0.3, 0.4) is 0 Å². The molecule has 0 saturated carbocycles. The normalized spacial score (nSPS) is 19.2. The summed E-state index contributed by atoms with van der Waals surface area (Å²) in [5, 5.41) is 0. The number of unbranched alkanes of at least 4 members (excludes halogenated alkanes) is 1. The van der Waals surface area contributed by atoms with Crippen molar-refractivity contribution in [3.05, 3.63) is 76.9 Å². The summed E-state index contributed by atoms with van der Waals surface area (Å²) in [6.45, 7) is 4.55. The van der Waals surface area contributed by atoms with Crippen molar-refractivity contribution in [1.29, 1.82) is 0 Å². The van der Waals surface area contributed by atoms with Gasteiger partial charge in [-0.2, -0.15) is 0 Å². The molecule has 0 N–H and O–H groups in total. The number of fused-ring (bicyclic) bond motifs is 2. The van der Waals surface area contributed by atoms with Crippen LogP contribution >= 0.6 is 21.6 Å². The molecular formula is C30H39NO2S2. The predicted octanol–water partition coefficient (Wildman–Crippen LogP) is 7.19. The monoisotopic (exact) mass is 509 g/mol. The Morgan fingerprint density at radius 1 is 1.03 bits per heavy atom. The second-order valence-corrected chi connectivity index (χ2v) is 13.1. The molecule has 35 heavy (non-hydrogen) atoms. The topological polar surface area (TPSA) is 29.5 Å². The van der Waals surface area contributed by atoms with Crippen molar-refractivity contribution in [3.8, 4) is 0 Å². The lowest BCUT2D eigenvalue weighted by Crippen LogP contribution is -2.25. The van der Waals surface area contributed by atoms with Crippen molar-refractivity contribution in [1.82, 2.24) is 4.90 Å². The molecule has 0 bridgehead atoms. The fourth-order valence-corrected chi connectivity index (χ4v) is 8.28. The van der Waals surface area contributed by atoms with Gasteiger partial charge in [-0.3, -0.25) is 4.79 Å². The quantitative estimate of drug-likeness (QED) is 0.182. The molecule has 2 aromatic carbocycles. The molecule has 0 radical (unpaired) electrons. The molecule has 1 saturated heterocycles. The molecule has 2 aromatic rings. The average molecular weight is 510 g/mol. The highest BCUT2D eigenvalue weighted by Gasteiger charge is 2.29. The number of aryl methyl sites for hydroxylation is 2. The van der Waals surface area contributed by atoms with Crippen LogP contribution < -0.4 is 0 Å². The average Bonchev–Trinajstić information content (AvgIpc) is 3.23. The summed E-state index contributed by atoms with van der Waals surface area (Å²) in [5.41, 5.74) is 6.97. The minimum atomic E-state index is -0.0502. The molecule has 3 nitrogen and oxygen atoms in total. The summed E-state index contributed by atoms with van der Waals surface area (Å²) in [5.74, 6) is 1.21. The largest absolute Gasteiger partial charge is 0.464 e. The zero-order valence-corrected chi connectivity index (χ0v) is 22.9. The van der Waals surface area contributed by atoms with Crippen LogP contribution in [-0.2, 0) is 22.4 Å². The van der Waals surface area contributed by atoms with Crippen LogP contribution in [0, 0.1) is 0 Å². The number of esters is 1. The van der Waals surface area contributed by atoms with Gasteiger partial charge in [-0.15, -0.1) is 0 Å². The standard InChI is InChI=1S/C30H39NO2S2/c1-30(19-23-34-35-30)18-8-7-15-29(32)33-22-21-31(2)20-9-14-28-26-12-5-3-10-24(26)16-17-25-11-4-6-13-27(25)28/h3-6,10-14H,7-9,15-23H2,1-2H3/t30-/m1/s1. The molecule has 1 aliphatic carbocycles. The highest BCUT2D eigenvalue weighted by Crippen LogP contribution is 2.49. The molecule has 5 heteroatoms. The Balaban J connectivity index is 1.20. The van der Waals surface area contributed by atoms with Crippen LogP contribution in [0.1, 0.15) is 67.7 Å². The first-order valence-electron chi connectivity index (χ1n) is 13.1. The van der Waals surface area contributed by atoms with E-state index in [1.807, 2.05) is 21.6 Å². The second-order valence-electron chi connectivity index (χ2n) is 10.1. The Kier molecular flexibility index (Phi) is 9.82. The Morgan fingerprint density at radius 3 is 2.37 bits per heavy atom. The van der Waals surface area contributed by atoms with Gasteiger partial charge >= 0.3 is 5.97 Å². The van der Waals surface area contributed by atoms with Gasteiger partial charge in [0.2, 0.25) is 0 Å². The van der Waals surface area contributed by atoms with Gasteiger partial charge in [0.05, 0.1) is 0 Å². The summed E-state index contributed by atoms with van der Waals surface area (Å²) in [4.78, 5) is 14.4. The molecule has 1 fully saturated rings. The molecule has 1 heterocycles. The van der Waals surface area contributed by atoms with Gasteiger partial charge in [-0.1, -0.05) is 82.6 Å². The minimum absolute atomic E-state index is 0.0502. The summed E-state index contributed by atoms with van der Waals surface area (Å²) in [6, 6.07) is 17.6. The van der Waals surface area contributed by atoms with E-state index >= 15 is 0 Å². The maximum absolute atomic E-state index is 12.1. The van der Waals surface area contributed by atoms with Crippen molar-refractivity contribution in [2.45, 2.75) is 63.0 Å². The maximum atomic E-state index is 12.1. The zero-order valence-electron chi connectivity index (χ0n) is 21.3. The van der Waals surface area contributed by atoms with Gasteiger partial charge < -0.3 is 9.64 Å². The summed E-state index contributed by atoms with van der Waals surface area (Å²) in [6.07, 6.45) is 10.6. The van der Waals surface area contributed by atoms with E-state index in [0.29, 0.717) is 17.8 Å². The maximum Gasteiger partial charge on any atom is 0.305 e. The first-order chi connectivity index (χ1) is 17.0. The van der Waals surface area contributed by atoms with Crippen molar-refractivity contribution >= 4 is 33.1 Å². The van der Waals surface area contributed by atoms with E-state index in [4.69, 9.17) is 4.74 Å². The molecule has 1 aliphatic heterocycles. The molecule has 1 atom stereocenters.